The van der Waals surface area contributed by atoms with Crippen molar-refractivity contribution in [2.45, 2.75) is 50.8 Å². The molecule has 1 amide bonds. The topological polar surface area (TPSA) is 46.6 Å². The minimum Gasteiger partial charge on any atom is -0.462 e. The van der Waals surface area contributed by atoms with Gasteiger partial charge in [-0.2, -0.15) is 0 Å². The Morgan fingerprint density at radius 3 is 2.32 bits per heavy atom. The molecule has 1 aliphatic heterocycles. The van der Waals surface area contributed by atoms with E-state index in [4.69, 9.17) is 4.74 Å². The quantitative estimate of drug-likeness (QED) is 0.473. The zero-order valence-corrected chi connectivity index (χ0v) is 20.3. The fraction of sp³-hybridized carbons (Fsp3) is 0.500. The monoisotopic (exact) mass is 479 g/mol. The molecule has 178 valence electrons. The van der Waals surface area contributed by atoms with Crippen molar-refractivity contribution in [2.24, 2.45) is 23.2 Å². The van der Waals surface area contributed by atoms with Crippen molar-refractivity contribution in [2.75, 3.05) is 17.3 Å². The lowest BCUT2D eigenvalue weighted by molar-refractivity contribution is -0.115. The van der Waals surface area contributed by atoms with Crippen molar-refractivity contribution in [3.63, 3.8) is 0 Å². The summed E-state index contributed by atoms with van der Waals surface area (Å²) in [6.45, 7) is 2.45. The summed E-state index contributed by atoms with van der Waals surface area (Å²) in [4.78, 5) is 27.5. The van der Waals surface area contributed by atoms with Gasteiger partial charge < -0.3 is 4.74 Å². The van der Waals surface area contributed by atoms with Gasteiger partial charge in [0.25, 0.3) is 0 Å². The van der Waals surface area contributed by atoms with Crippen LogP contribution in [0.2, 0.25) is 0 Å². The number of carbonyl (C=O) groups excluding carboxylic acids is 2. The smallest absolute Gasteiger partial charge is 0.338 e. The Bertz CT molecular complexity index is 1100. The number of carbonyl (C=O) groups is 2. The van der Waals surface area contributed by atoms with Crippen molar-refractivity contribution in [1.82, 2.24) is 0 Å². The van der Waals surface area contributed by atoms with Gasteiger partial charge in [0.15, 0.2) is 0 Å². The summed E-state index contributed by atoms with van der Waals surface area (Å²) in [5, 5.41) is -0.208. The van der Waals surface area contributed by atoms with Gasteiger partial charge in [0.2, 0.25) is 5.91 Å². The number of esters is 1. The number of halogens is 1. The van der Waals surface area contributed by atoms with Crippen molar-refractivity contribution in [3.8, 4) is 0 Å². The second-order valence-corrected chi connectivity index (χ2v) is 12.0. The van der Waals surface area contributed by atoms with Gasteiger partial charge in [0.05, 0.1) is 17.9 Å². The van der Waals surface area contributed by atoms with Gasteiger partial charge in [-0.05, 0) is 105 Å². The van der Waals surface area contributed by atoms with E-state index in [-0.39, 0.29) is 28.5 Å². The molecule has 34 heavy (non-hydrogen) atoms. The Labute approximate surface area is 204 Å². The van der Waals surface area contributed by atoms with E-state index in [0.29, 0.717) is 17.9 Å². The van der Waals surface area contributed by atoms with Crippen LogP contribution in [-0.4, -0.2) is 24.2 Å². The third-order valence-corrected chi connectivity index (χ3v) is 9.60. The summed E-state index contributed by atoms with van der Waals surface area (Å²) >= 11 is 1.53. The molecular weight excluding hydrogens is 449 g/mol. The molecule has 6 heteroatoms. The van der Waals surface area contributed by atoms with E-state index in [9.17, 15) is 14.0 Å². The van der Waals surface area contributed by atoms with Gasteiger partial charge in [0, 0.05) is 11.1 Å². The fourth-order valence-corrected chi connectivity index (χ4v) is 8.55. The highest BCUT2D eigenvalue weighted by atomic mass is 32.2. The highest BCUT2D eigenvalue weighted by Gasteiger charge is 2.51. The molecule has 0 aromatic heterocycles. The Morgan fingerprint density at radius 1 is 1.06 bits per heavy atom. The number of ether oxygens (including phenoxy) is 1. The first-order valence-corrected chi connectivity index (χ1v) is 13.4. The molecule has 1 atom stereocenters. The van der Waals surface area contributed by atoms with E-state index < -0.39 is 0 Å². The molecule has 5 aliphatic rings. The fourth-order valence-electron chi connectivity index (χ4n) is 7.38. The third-order valence-electron chi connectivity index (χ3n) is 8.39. The molecule has 1 unspecified atom stereocenters. The molecule has 2 aromatic rings. The van der Waals surface area contributed by atoms with Crippen LogP contribution in [-0.2, 0) is 9.53 Å². The maximum atomic E-state index is 13.4. The molecule has 4 saturated carbocycles. The number of nitrogens with zero attached hydrogens (tertiary/aromatic N) is 1. The van der Waals surface area contributed by atoms with Gasteiger partial charge in [0.1, 0.15) is 11.2 Å². The van der Waals surface area contributed by atoms with Gasteiger partial charge in [-0.3, -0.25) is 9.69 Å². The van der Waals surface area contributed by atoms with E-state index in [0.717, 1.165) is 34.6 Å². The van der Waals surface area contributed by atoms with E-state index in [1.54, 1.807) is 23.1 Å². The van der Waals surface area contributed by atoms with Crippen LogP contribution in [0, 0.1) is 35.9 Å². The second-order valence-electron chi connectivity index (χ2n) is 11.0. The number of benzene rings is 2. The summed E-state index contributed by atoms with van der Waals surface area (Å²) in [6, 6.07) is 11.7. The second kappa shape index (κ2) is 8.40. The van der Waals surface area contributed by atoms with E-state index in [1.165, 1.54) is 62.4 Å². The first kappa shape index (κ1) is 22.1. The van der Waals surface area contributed by atoms with Gasteiger partial charge in [-0.15, -0.1) is 11.8 Å². The Balaban J connectivity index is 1.17. The Morgan fingerprint density at radius 2 is 1.71 bits per heavy atom. The number of amides is 1. The largest absolute Gasteiger partial charge is 0.462 e. The summed E-state index contributed by atoms with van der Waals surface area (Å²) < 4.78 is 19.3. The third kappa shape index (κ3) is 3.94. The van der Waals surface area contributed by atoms with Crippen LogP contribution in [0.4, 0.5) is 10.1 Å². The number of aryl methyl sites for hydroxylation is 1. The predicted molar refractivity (Wildman–Crippen MR) is 131 cm³/mol. The van der Waals surface area contributed by atoms with Crippen molar-refractivity contribution in [1.29, 1.82) is 0 Å². The average molecular weight is 480 g/mol. The predicted octanol–water partition coefficient (Wildman–Crippen LogP) is 6.29. The molecule has 1 saturated heterocycles. The first-order valence-electron chi connectivity index (χ1n) is 12.4. The lowest BCUT2D eigenvalue weighted by Gasteiger charge is -2.56. The van der Waals surface area contributed by atoms with E-state index in [1.807, 2.05) is 19.1 Å². The molecule has 4 nitrogen and oxygen atoms in total. The zero-order chi connectivity index (χ0) is 23.4. The Kier molecular flexibility index (Phi) is 5.47. The van der Waals surface area contributed by atoms with Crippen LogP contribution in [0.1, 0.15) is 65.4 Å². The number of anilines is 1. The van der Waals surface area contributed by atoms with Crippen molar-refractivity contribution in [3.05, 3.63) is 65.0 Å². The molecule has 0 N–H and O–H groups in total. The molecule has 4 aliphatic carbocycles. The van der Waals surface area contributed by atoms with Crippen molar-refractivity contribution < 1.29 is 18.7 Å². The average Bonchev–Trinajstić information content (AvgIpc) is 3.18. The molecule has 0 spiro atoms. The summed E-state index contributed by atoms with van der Waals surface area (Å²) in [7, 11) is 0. The lowest BCUT2D eigenvalue weighted by atomic mass is 9.50. The zero-order valence-electron chi connectivity index (χ0n) is 19.5. The first-order chi connectivity index (χ1) is 16.4. The molecule has 1 heterocycles. The minimum absolute atomic E-state index is 0.0135. The van der Waals surface area contributed by atoms with Gasteiger partial charge in [-0.1, -0.05) is 12.1 Å². The van der Waals surface area contributed by atoms with E-state index >= 15 is 0 Å². The molecule has 0 radical (unpaired) electrons. The van der Waals surface area contributed by atoms with Crippen LogP contribution in [0.5, 0.6) is 0 Å². The van der Waals surface area contributed by atoms with Crippen molar-refractivity contribution >= 4 is 29.3 Å². The maximum absolute atomic E-state index is 13.4. The standard InChI is InChI=1S/C28H30FNO3S/c1-17-8-22(27(32)33-16-28-12-18-9-19(13-28)11-20(10-18)14-28)4-7-24(17)30-25(31)15-34-26(30)21-2-5-23(29)6-3-21/h2-8,18-20,26H,9-16H2,1H3. The highest BCUT2D eigenvalue weighted by Crippen LogP contribution is 2.60. The summed E-state index contributed by atoms with van der Waals surface area (Å²) in [5.74, 6) is 2.31. The molecular formula is C28H30FNO3S. The van der Waals surface area contributed by atoms with Crippen LogP contribution < -0.4 is 4.90 Å². The molecule has 5 fully saturated rings. The maximum Gasteiger partial charge on any atom is 0.338 e. The molecule has 7 rings (SSSR count). The lowest BCUT2D eigenvalue weighted by Crippen LogP contribution is -2.48. The van der Waals surface area contributed by atoms with Crippen LogP contribution >= 0.6 is 11.8 Å². The number of hydrogen-bond donors (Lipinski definition) is 0. The molecule has 2 aromatic carbocycles. The van der Waals surface area contributed by atoms with Crippen LogP contribution in [0.3, 0.4) is 0 Å². The van der Waals surface area contributed by atoms with Crippen LogP contribution in [0.15, 0.2) is 42.5 Å². The highest BCUT2D eigenvalue weighted by molar-refractivity contribution is 8.00. The number of thioether (sulfide) groups is 1. The molecule has 4 bridgehead atoms. The van der Waals surface area contributed by atoms with E-state index in [2.05, 4.69) is 0 Å². The minimum atomic E-state index is -0.294. The number of hydrogen-bond acceptors (Lipinski definition) is 4. The van der Waals surface area contributed by atoms with Crippen LogP contribution in [0.25, 0.3) is 0 Å². The van der Waals surface area contributed by atoms with Gasteiger partial charge in [-0.25, -0.2) is 9.18 Å². The summed E-state index contributed by atoms with van der Waals surface area (Å²) in [5.41, 5.74) is 3.24. The number of rotatable bonds is 5. The Hall–Kier alpha value is -2.34. The SMILES string of the molecule is Cc1cc(C(=O)OCC23CC4CC(CC(C4)C2)C3)ccc1N1C(=O)CSC1c1ccc(F)cc1. The summed E-state index contributed by atoms with van der Waals surface area (Å²) in [6.07, 6.45) is 7.76. The van der Waals surface area contributed by atoms with Gasteiger partial charge >= 0.3 is 5.97 Å². The normalized spacial score (nSPS) is 31.8.